The van der Waals surface area contributed by atoms with Crippen LogP contribution in [-0.4, -0.2) is 12.9 Å². The maximum Gasteiger partial charge on any atom is 0.134 e. The molecule has 0 spiro atoms. The fraction of sp³-hybridized carbons (Fsp3) is 0.500. The summed E-state index contributed by atoms with van der Waals surface area (Å²) in [6, 6.07) is 0. The first-order valence-electron chi connectivity index (χ1n) is 4.26. The van der Waals surface area contributed by atoms with Crippen molar-refractivity contribution in [1.82, 2.24) is 0 Å². The molecule has 1 rings (SSSR count). The van der Waals surface area contributed by atoms with E-state index in [9.17, 15) is 9.18 Å². The van der Waals surface area contributed by atoms with E-state index < -0.39 is 0 Å². The summed E-state index contributed by atoms with van der Waals surface area (Å²) in [6.07, 6.45) is 2.98. The van der Waals surface area contributed by atoms with Gasteiger partial charge in [0.2, 0.25) is 0 Å². The lowest BCUT2D eigenvalue weighted by Gasteiger charge is -2.15. The second kappa shape index (κ2) is 4.21. The highest BCUT2D eigenvalue weighted by Gasteiger charge is 2.17. The van der Waals surface area contributed by atoms with Crippen LogP contribution in [0.15, 0.2) is 23.2 Å². The number of Topliss-reactive ketones (excluding diaryl/α,β-unsaturated/α-hetero) is 1. The smallest absolute Gasteiger partial charge is 0.134 e. The van der Waals surface area contributed by atoms with E-state index >= 15 is 0 Å². The van der Waals surface area contributed by atoms with Crippen LogP contribution in [0.3, 0.4) is 0 Å². The molecule has 0 unspecified atom stereocenters. The number of hydrogen-bond donors (Lipinski definition) is 0. The number of hydrogen-bond acceptors (Lipinski definition) is 2. The average Bonchev–Trinajstić information content (AvgIpc) is 2.08. The van der Waals surface area contributed by atoms with Gasteiger partial charge in [-0.1, -0.05) is 0 Å². The molecular formula is C10H13FO2. The van der Waals surface area contributed by atoms with Crippen molar-refractivity contribution in [2.75, 3.05) is 7.11 Å². The molecule has 0 bridgehead atoms. The van der Waals surface area contributed by atoms with Crippen LogP contribution in [0.25, 0.3) is 0 Å². The van der Waals surface area contributed by atoms with Crippen LogP contribution in [0.2, 0.25) is 0 Å². The zero-order valence-corrected chi connectivity index (χ0v) is 7.89. The Labute approximate surface area is 77.1 Å². The van der Waals surface area contributed by atoms with Gasteiger partial charge in [0.05, 0.1) is 7.11 Å². The molecule has 0 radical (unpaired) electrons. The lowest BCUT2D eigenvalue weighted by atomic mass is 9.99. The summed E-state index contributed by atoms with van der Waals surface area (Å²) < 4.78 is 18.2. The Kier molecular flexibility index (Phi) is 3.23. The number of halogens is 1. The molecule has 1 aliphatic rings. The van der Waals surface area contributed by atoms with E-state index in [0.29, 0.717) is 24.2 Å². The number of carbonyl (C=O) groups is 1. The molecule has 72 valence electrons. The van der Waals surface area contributed by atoms with Crippen LogP contribution in [0, 0.1) is 0 Å². The third-order valence-electron chi connectivity index (χ3n) is 1.96. The van der Waals surface area contributed by atoms with Gasteiger partial charge in [0.1, 0.15) is 17.4 Å². The Morgan fingerprint density at radius 1 is 1.69 bits per heavy atom. The quantitative estimate of drug-likeness (QED) is 0.673. The van der Waals surface area contributed by atoms with Crippen LogP contribution in [0.4, 0.5) is 4.39 Å². The van der Waals surface area contributed by atoms with Crippen LogP contribution in [0.5, 0.6) is 0 Å². The first-order chi connectivity index (χ1) is 6.15. The Bertz CT molecular complexity index is 277. The molecule has 0 N–H and O–H groups in total. The Morgan fingerprint density at radius 2 is 2.38 bits per heavy atom. The van der Waals surface area contributed by atoms with E-state index in [1.165, 1.54) is 14.0 Å². The SMILES string of the molecule is COC1=CCCC(F)=C1CC(C)=O. The molecule has 0 saturated carbocycles. The number of ether oxygens (including phenoxy) is 1. The number of allylic oxidation sites excluding steroid dienone is 3. The van der Waals surface area contributed by atoms with Crippen molar-refractivity contribution in [3.63, 3.8) is 0 Å². The second-order valence-electron chi connectivity index (χ2n) is 3.07. The highest BCUT2D eigenvalue weighted by Crippen LogP contribution is 2.28. The maximum absolute atomic E-state index is 13.3. The summed E-state index contributed by atoms with van der Waals surface area (Å²) in [5, 5.41) is 0. The standard InChI is InChI=1S/C10H13FO2/c1-7(12)6-8-9(11)4-3-5-10(8)13-2/h5H,3-4,6H2,1-2H3. The summed E-state index contributed by atoms with van der Waals surface area (Å²) in [5.74, 6) is 0.253. The Balaban J connectivity index is 2.86. The Hall–Kier alpha value is -1.12. The van der Waals surface area contributed by atoms with E-state index in [2.05, 4.69) is 0 Å². The van der Waals surface area contributed by atoms with Gasteiger partial charge in [-0.2, -0.15) is 0 Å². The number of methoxy groups -OCH3 is 1. The molecule has 1 aliphatic carbocycles. The molecule has 0 aromatic rings. The van der Waals surface area contributed by atoms with Gasteiger partial charge in [0, 0.05) is 18.4 Å². The van der Waals surface area contributed by atoms with Crippen molar-refractivity contribution in [2.24, 2.45) is 0 Å². The van der Waals surface area contributed by atoms with Crippen LogP contribution in [-0.2, 0) is 9.53 Å². The first kappa shape index (κ1) is 9.96. The topological polar surface area (TPSA) is 26.3 Å². The van der Waals surface area contributed by atoms with Gasteiger partial charge in [0.15, 0.2) is 0 Å². The normalized spacial score (nSPS) is 17.0. The van der Waals surface area contributed by atoms with Gasteiger partial charge < -0.3 is 4.74 Å². The van der Waals surface area contributed by atoms with E-state index in [1.54, 1.807) is 0 Å². The van der Waals surface area contributed by atoms with Gasteiger partial charge in [0.25, 0.3) is 0 Å². The summed E-state index contributed by atoms with van der Waals surface area (Å²) in [7, 11) is 1.49. The lowest BCUT2D eigenvalue weighted by Crippen LogP contribution is -2.04. The van der Waals surface area contributed by atoms with Crippen molar-refractivity contribution >= 4 is 5.78 Å². The summed E-state index contributed by atoms with van der Waals surface area (Å²) in [6.45, 7) is 1.45. The minimum absolute atomic E-state index is 0.0463. The monoisotopic (exact) mass is 184 g/mol. The molecule has 0 amide bonds. The van der Waals surface area contributed by atoms with Gasteiger partial charge in [-0.25, -0.2) is 4.39 Å². The van der Waals surface area contributed by atoms with E-state index in [1.807, 2.05) is 6.08 Å². The van der Waals surface area contributed by atoms with Crippen molar-refractivity contribution < 1.29 is 13.9 Å². The second-order valence-corrected chi connectivity index (χ2v) is 3.07. The first-order valence-corrected chi connectivity index (χ1v) is 4.26. The minimum Gasteiger partial charge on any atom is -0.497 e. The summed E-state index contributed by atoms with van der Waals surface area (Å²) >= 11 is 0. The molecule has 3 heteroatoms. The van der Waals surface area contributed by atoms with Crippen LogP contribution < -0.4 is 0 Å². The van der Waals surface area contributed by atoms with Gasteiger partial charge in [-0.05, 0) is 19.4 Å². The number of ketones is 1. The molecular weight excluding hydrogens is 171 g/mol. The average molecular weight is 184 g/mol. The highest BCUT2D eigenvalue weighted by molar-refractivity contribution is 5.79. The summed E-state index contributed by atoms with van der Waals surface area (Å²) in [4.78, 5) is 10.8. The van der Waals surface area contributed by atoms with E-state index in [-0.39, 0.29) is 18.0 Å². The van der Waals surface area contributed by atoms with E-state index in [0.717, 1.165) is 0 Å². The number of rotatable bonds is 3. The Morgan fingerprint density at radius 3 is 2.92 bits per heavy atom. The van der Waals surface area contributed by atoms with Crippen molar-refractivity contribution in [2.45, 2.75) is 26.2 Å². The number of carbonyl (C=O) groups excluding carboxylic acids is 1. The molecule has 0 fully saturated rings. The third-order valence-corrected chi connectivity index (χ3v) is 1.96. The highest BCUT2D eigenvalue weighted by atomic mass is 19.1. The summed E-state index contributed by atoms with van der Waals surface area (Å²) in [5.41, 5.74) is 0.418. The molecule has 13 heavy (non-hydrogen) atoms. The maximum atomic E-state index is 13.3. The molecule has 0 aliphatic heterocycles. The van der Waals surface area contributed by atoms with Gasteiger partial charge in [-0.3, -0.25) is 4.79 Å². The predicted molar refractivity (Wildman–Crippen MR) is 47.8 cm³/mol. The largest absolute Gasteiger partial charge is 0.497 e. The molecule has 2 nitrogen and oxygen atoms in total. The lowest BCUT2D eigenvalue weighted by molar-refractivity contribution is -0.116. The van der Waals surface area contributed by atoms with E-state index in [4.69, 9.17) is 4.74 Å². The zero-order valence-electron chi connectivity index (χ0n) is 7.89. The molecule has 0 atom stereocenters. The third kappa shape index (κ3) is 2.41. The van der Waals surface area contributed by atoms with Crippen molar-refractivity contribution in [1.29, 1.82) is 0 Å². The van der Waals surface area contributed by atoms with Gasteiger partial charge in [-0.15, -0.1) is 0 Å². The molecule has 0 saturated heterocycles. The fourth-order valence-electron chi connectivity index (χ4n) is 1.38. The van der Waals surface area contributed by atoms with Crippen molar-refractivity contribution in [3.05, 3.63) is 23.2 Å². The predicted octanol–water partition coefficient (Wildman–Crippen LogP) is 2.51. The molecule has 0 aromatic heterocycles. The van der Waals surface area contributed by atoms with Crippen LogP contribution >= 0.6 is 0 Å². The molecule has 0 aromatic carbocycles. The fourth-order valence-corrected chi connectivity index (χ4v) is 1.38. The minimum atomic E-state index is -0.213. The zero-order chi connectivity index (χ0) is 9.84. The van der Waals surface area contributed by atoms with Crippen LogP contribution in [0.1, 0.15) is 26.2 Å². The molecule has 0 heterocycles. The van der Waals surface area contributed by atoms with Gasteiger partial charge >= 0.3 is 0 Å². The van der Waals surface area contributed by atoms with Crippen molar-refractivity contribution in [3.8, 4) is 0 Å².